The van der Waals surface area contributed by atoms with Crippen LogP contribution in [0.1, 0.15) is 26.7 Å². The molecule has 6 aromatic carbocycles. The van der Waals surface area contributed by atoms with E-state index in [9.17, 15) is 9.59 Å². The van der Waals surface area contributed by atoms with E-state index in [1.165, 1.54) is 0 Å². The maximum atomic E-state index is 12.6. The zero-order valence-electron chi connectivity index (χ0n) is 32.7. The van der Waals surface area contributed by atoms with E-state index < -0.39 is 24.5 Å². The fourth-order valence-electron chi connectivity index (χ4n) is 5.96. The molecule has 0 aliphatic carbocycles. The van der Waals surface area contributed by atoms with Gasteiger partial charge < -0.3 is 28.4 Å². The predicted octanol–water partition coefficient (Wildman–Crippen LogP) is 11.3. The minimum absolute atomic E-state index is 0.203. The zero-order chi connectivity index (χ0) is 40.7. The second-order valence-corrected chi connectivity index (χ2v) is 13.5. The van der Waals surface area contributed by atoms with Crippen LogP contribution in [0.25, 0.3) is 33.4 Å². The zero-order valence-corrected chi connectivity index (χ0v) is 32.7. The molecule has 0 heterocycles. The number of hydrogen-bond donors (Lipinski definition) is 0. The third kappa shape index (κ3) is 11.3. The molecule has 0 radical (unpaired) electrons. The predicted molar refractivity (Wildman–Crippen MR) is 227 cm³/mol. The lowest BCUT2D eigenvalue weighted by atomic mass is 10.0. The summed E-state index contributed by atoms with van der Waals surface area (Å²) in [6.07, 6.45) is -1.31. The summed E-state index contributed by atoms with van der Waals surface area (Å²) in [6, 6.07) is 50.3. The molecular weight excluding hydrogens is 729 g/mol. The molecule has 294 valence electrons. The molecule has 8 nitrogen and oxygen atoms in total. The molecule has 0 aromatic heterocycles. The Morgan fingerprint density at radius 1 is 0.448 bits per heavy atom. The Balaban J connectivity index is 1.09. The van der Waals surface area contributed by atoms with Crippen LogP contribution in [0.4, 0.5) is 0 Å². The normalized spacial score (nSPS) is 11.7. The van der Waals surface area contributed by atoms with Crippen LogP contribution in [0, 0.1) is 0 Å². The first-order chi connectivity index (χ1) is 28.2. The van der Waals surface area contributed by atoms with Crippen LogP contribution in [0.5, 0.6) is 23.0 Å². The number of esters is 2. The highest BCUT2D eigenvalue weighted by molar-refractivity contribution is 5.87. The van der Waals surface area contributed by atoms with Crippen LogP contribution in [0.15, 0.2) is 182 Å². The summed E-state index contributed by atoms with van der Waals surface area (Å²) in [6.45, 7) is 11.1. The highest BCUT2D eigenvalue weighted by Crippen LogP contribution is 2.34. The van der Waals surface area contributed by atoms with Gasteiger partial charge in [-0.15, -0.1) is 0 Å². The van der Waals surface area contributed by atoms with Gasteiger partial charge in [0.1, 0.15) is 23.0 Å². The first-order valence-electron chi connectivity index (χ1n) is 19.1. The topological polar surface area (TPSA) is 89.5 Å². The number of hydrogen-bond acceptors (Lipinski definition) is 8. The van der Waals surface area contributed by atoms with Gasteiger partial charge in [0.05, 0.1) is 26.1 Å². The average Bonchev–Trinajstić information content (AvgIpc) is 3.25. The van der Waals surface area contributed by atoms with Gasteiger partial charge in [-0.2, -0.15) is 0 Å². The number of carbonyl (C=O) groups excluding carboxylic acids is 2. The van der Waals surface area contributed by atoms with Crippen LogP contribution in [-0.2, 0) is 19.1 Å². The van der Waals surface area contributed by atoms with Crippen molar-refractivity contribution in [3.05, 3.63) is 182 Å². The number of benzene rings is 6. The van der Waals surface area contributed by atoms with E-state index in [1.54, 1.807) is 13.8 Å². The summed E-state index contributed by atoms with van der Waals surface area (Å²) in [7, 11) is 0. The van der Waals surface area contributed by atoms with Crippen molar-refractivity contribution in [2.75, 3.05) is 13.2 Å². The fourth-order valence-corrected chi connectivity index (χ4v) is 5.96. The number of carbonyl (C=O) groups is 2. The number of ether oxygens (including phenoxy) is 6. The monoisotopic (exact) mass is 774 g/mol. The van der Waals surface area contributed by atoms with Crippen molar-refractivity contribution in [1.82, 2.24) is 0 Å². The summed E-state index contributed by atoms with van der Waals surface area (Å²) >= 11 is 0. The SMILES string of the molecule is C=C(C)C(=O)OC(CCOc1ccc(-c2ccccc2OCCC(OC(=O)C(=C)C)Oc2ccccc2-c2ccccc2)cc1)Oc1ccccc1-c1ccccc1. The molecule has 2 unspecified atom stereocenters. The molecule has 6 rings (SSSR count). The van der Waals surface area contributed by atoms with E-state index in [1.807, 2.05) is 158 Å². The fraction of sp³-hybridized carbons (Fsp3) is 0.160. The lowest BCUT2D eigenvalue weighted by Crippen LogP contribution is -2.27. The largest absolute Gasteiger partial charge is 0.493 e. The molecular formula is C50H46O8. The van der Waals surface area contributed by atoms with Crippen LogP contribution in [-0.4, -0.2) is 37.7 Å². The van der Waals surface area contributed by atoms with Crippen molar-refractivity contribution in [3.8, 4) is 56.4 Å². The van der Waals surface area contributed by atoms with E-state index >= 15 is 0 Å². The Labute approximate surface area is 339 Å². The molecule has 0 aliphatic heterocycles. The summed E-state index contributed by atoms with van der Waals surface area (Å²) in [5, 5.41) is 0. The van der Waals surface area contributed by atoms with Crippen molar-refractivity contribution in [2.45, 2.75) is 39.3 Å². The Bertz CT molecular complexity index is 2300. The Morgan fingerprint density at radius 3 is 1.26 bits per heavy atom. The van der Waals surface area contributed by atoms with E-state index in [4.69, 9.17) is 28.4 Å². The van der Waals surface area contributed by atoms with Crippen molar-refractivity contribution in [1.29, 1.82) is 0 Å². The highest BCUT2D eigenvalue weighted by Gasteiger charge is 2.21. The van der Waals surface area contributed by atoms with Crippen molar-refractivity contribution in [3.63, 3.8) is 0 Å². The van der Waals surface area contributed by atoms with Gasteiger partial charge in [0.2, 0.25) is 12.6 Å². The summed E-state index contributed by atoms with van der Waals surface area (Å²) in [5.74, 6) is 1.36. The van der Waals surface area contributed by atoms with Crippen LogP contribution >= 0.6 is 0 Å². The Morgan fingerprint density at radius 2 is 0.810 bits per heavy atom. The molecule has 0 N–H and O–H groups in total. The van der Waals surface area contributed by atoms with Crippen molar-refractivity contribution < 1.29 is 38.0 Å². The summed E-state index contributed by atoms with van der Waals surface area (Å²) in [5.41, 5.74) is 6.04. The van der Waals surface area contributed by atoms with Gasteiger partial charge in [-0.1, -0.05) is 141 Å². The number of para-hydroxylation sites is 3. The number of rotatable bonds is 19. The molecule has 0 amide bonds. The summed E-state index contributed by atoms with van der Waals surface area (Å²) in [4.78, 5) is 25.2. The van der Waals surface area contributed by atoms with Gasteiger partial charge in [-0.25, -0.2) is 9.59 Å². The molecule has 8 heteroatoms. The Hall–Kier alpha value is -7.06. The summed E-state index contributed by atoms with van der Waals surface area (Å²) < 4.78 is 36.3. The second-order valence-electron chi connectivity index (χ2n) is 13.5. The minimum Gasteiger partial charge on any atom is -0.493 e. The quantitative estimate of drug-likeness (QED) is 0.0456. The lowest BCUT2D eigenvalue weighted by Gasteiger charge is -2.22. The van der Waals surface area contributed by atoms with E-state index in [0.29, 0.717) is 23.0 Å². The van der Waals surface area contributed by atoms with Crippen LogP contribution < -0.4 is 18.9 Å². The van der Waals surface area contributed by atoms with Gasteiger partial charge in [0.15, 0.2) is 0 Å². The third-order valence-corrected chi connectivity index (χ3v) is 8.92. The van der Waals surface area contributed by atoms with Crippen LogP contribution in [0.2, 0.25) is 0 Å². The van der Waals surface area contributed by atoms with E-state index in [0.717, 1.165) is 33.4 Å². The molecule has 0 saturated carbocycles. The molecule has 58 heavy (non-hydrogen) atoms. The molecule has 2 atom stereocenters. The van der Waals surface area contributed by atoms with Gasteiger partial charge in [0, 0.05) is 27.8 Å². The molecule has 0 aliphatic rings. The smallest absolute Gasteiger partial charge is 0.336 e. The molecule has 0 saturated heterocycles. The molecule has 0 fully saturated rings. The second kappa shape index (κ2) is 20.2. The van der Waals surface area contributed by atoms with Gasteiger partial charge in [-0.05, 0) is 60.9 Å². The van der Waals surface area contributed by atoms with Crippen molar-refractivity contribution >= 4 is 11.9 Å². The van der Waals surface area contributed by atoms with Gasteiger partial charge in [-0.3, -0.25) is 0 Å². The van der Waals surface area contributed by atoms with Crippen molar-refractivity contribution in [2.24, 2.45) is 0 Å². The minimum atomic E-state index is -0.925. The van der Waals surface area contributed by atoms with E-state index in [2.05, 4.69) is 13.2 Å². The molecule has 0 bridgehead atoms. The van der Waals surface area contributed by atoms with E-state index in [-0.39, 0.29) is 37.2 Å². The van der Waals surface area contributed by atoms with Gasteiger partial charge in [0.25, 0.3) is 0 Å². The standard InChI is InChI=1S/C50H46O8/c1-35(2)49(51)57-47(55-45-25-15-12-22-42(45)37-17-7-5-8-18-37)31-33-53-40-29-27-39(28-30-40)41-21-11-14-24-44(41)54-34-32-48(58-50(52)36(3)4)56-46-26-16-13-23-43(46)38-19-9-6-10-20-38/h5-30,47-48H,1,3,31-34H2,2,4H3. The molecule has 6 aromatic rings. The first kappa shape index (κ1) is 40.6. The average molecular weight is 775 g/mol. The maximum Gasteiger partial charge on any atom is 0.336 e. The first-order valence-corrected chi connectivity index (χ1v) is 19.1. The third-order valence-electron chi connectivity index (χ3n) is 8.92. The van der Waals surface area contributed by atoms with Gasteiger partial charge >= 0.3 is 11.9 Å². The Kier molecular flexibility index (Phi) is 14.1. The lowest BCUT2D eigenvalue weighted by molar-refractivity contribution is -0.161. The maximum absolute atomic E-state index is 12.6. The highest BCUT2D eigenvalue weighted by atomic mass is 16.7. The van der Waals surface area contributed by atoms with Crippen LogP contribution in [0.3, 0.4) is 0 Å². The molecule has 0 spiro atoms.